The third-order valence-corrected chi connectivity index (χ3v) is 5.65. The van der Waals surface area contributed by atoms with Crippen molar-refractivity contribution in [1.82, 2.24) is 5.32 Å². The molecule has 3 aromatic rings. The largest absolute Gasteiger partial charge is 0.467 e. The van der Waals surface area contributed by atoms with Crippen LogP contribution in [0.15, 0.2) is 63.8 Å². The summed E-state index contributed by atoms with van der Waals surface area (Å²) in [5.74, 6) is -0.0595. The Bertz CT molecular complexity index is 982. The molecule has 2 amide bonds. The van der Waals surface area contributed by atoms with Gasteiger partial charge in [-0.25, -0.2) is 0 Å². The van der Waals surface area contributed by atoms with E-state index in [1.54, 1.807) is 24.3 Å². The highest BCUT2D eigenvalue weighted by Gasteiger charge is 2.38. The number of benzene rings is 1. The van der Waals surface area contributed by atoms with E-state index in [2.05, 4.69) is 5.32 Å². The lowest BCUT2D eigenvalue weighted by Gasteiger charge is -2.32. The summed E-state index contributed by atoms with van der Waals surface area (Å²) < 4.78 is 11.1. The van der Waals surface area contributed by atoms with E-state index in [1.165, 1.54) is 17.4 Å². The van der Waals surface area contributed by atoms with Crippen LogP contribution < -0.4 is 10.2 Å². The van der Waals surface area contributed by atoms with E-state index in [-0.39, 0.29) is 23.6 Å². The number of carbonyl (C=O) groups excluding carboxylic acids is 2. The van der Waals surface area contributed by atoms with E-state index in [4.69, 9.17) is 8.83 Å². The molecule has 0 saturated heterocycles. The molecule has 4 rings (SSSR count). The van der Waals surface area contributed by atoms with Crippen molar-refractivity contribution in [1.29, 1.82) is 0 Å². The minimum absolute atomic E-state index is 0.119. The summed E-state index contributed by atoms with van der Waals surface area (Å²) in [5.41, 5.74) is 2.46. The molecule has 30 heavy (non-hydrogen) atoms. The Kier molecular flexibility index (Phi) is 5.74. The van der Waals surface area contributed by atoms with E-state index >= 15 is 0 Å². The minimum atomic E-state index is -0.946. The van der Waals surface area contributed by atoms with Gasteiger partial charge in [0, 0.05) is 6.04 Å². The van der Waals surface area contributed by atoms with Gasteiger partial charge in [-0.3, -0.25) is 14.5 Å². The highest BCUT2D eigenvalue weighted by Crippen LogP contribution is 2.35. The number of carbonyl (C=O) groups is 2. The second-order valence-electron chi connectivity index (χ2n) is 7.80. The molecule has 0 aliphatic heterocycles. The van der Waals surface area contributed by atoms with Gasteiger partial charge in [0.25, 0.3) is 11.8 Å². The summed E-state index contributed by atoms with van der Waals surface area (Å²) in [4.78, 5) is 28.6. The second kappa shape index (κ2) is 8.61. The number of rotatable bonds is 6. The van der Waals surface area contributed by atoms with Gasteiger partial charge in [-0.2, -0.15) is 0 Å². The molecular formula is C24H26N2O4. The predicted molar refractivity (Wildman–Crippen MR) is 113 cm³/mol. The molecule has 1 aliphatic carbocycles. The van der Waals surface area contributed by atoms with Crippen molar-refractivity contribution in [2.24, 2.45) is 0 Å². The Morgan fingerprint density at radius 1 is 0.967 bits per heavy atom. The van der Waals surface area contributed by atoms with E-state index < -0.39 is 6.04 Å². The van der Waals surface area contributed by atoms with Crippen LogP contribution in [0.3, 0.4) is 0 Å². The highest BCUT2D eigenvalue weighted by atomic mass is 16.3. The number of aryl methyl sites for hydroxylation is 2. The molecule has 2 heterocycles. The number of nitrogens with zero attached hydrogens (tertiary/aromatic N) is 1. The fourth-order valence-electron chi connectivity index (χ4n) is 4.22. The van der Waals surface area contributed by atoms with Crippen LogP contribution in [-0.4, -0.2) is 17.9 Å². The van der Waals surface area contributed by atoms with E-state index in [1.807, 2.05) is 32.0 Å². The smallest absolute Gasteiger partial charge is 0.295 e. The van der Waals surface area contributed by atoms with Gasteiger partial charge in [0.15, 0.2) is 11.8 Å². The molecular weight excluding hydrogens is 380 g/mol. The maximum atomic E-state index is 13.6. The summed E-state index contributed by atoms with van der Waals surface area (Å²) in [7, 11) is 0. The zero-order chi connectivity index (χ0) is 21.1. The highest BCUT2D eigenvalue weighted by molar-refractivity contribution is 6.09. The maximum absolute atomic E-state index is 13.6. The summed E-state index contributed by atoms with van der Waals surface area (Å²) in [6.07, 6.45) is 7.07. The molecule has 1 unspecified atom stereocenters. The SMILES string of the molecule is Cc1cccc(C)c1N(C(=O)c1ccco1)C(C(=O)NC1CCCC1)c1ccco1. The first-order valence-electron chi connectivity index (χ1n) is 10.3. The molecule has 6 nitrogen and oxygen atoms in total. The topological polar surface area (TPSA) is 75.7 Å². The van der Waals surface area contributed by atoms with Crippen LogP contribution in [0.1, 0.15) is 59.2 Å². The lowest BCUT2D eigenvalue weighted by molar-refractivity contribution is -0.123. The van der Waals surface area contributed by atoms with E-state index in [0.717, 1.165) is 36.8 Å². The number of para-hydroxylation sites is 1. The number of anilines is 1. The van der Waals surface area contributed by atoms with Crippen molar-refractivity contribution in [3.05, 3.63) is 77.6 Å². The molecule has 0 radical (unpaired) electrons. The van der Waals surface area contributed by atoms with Gasteiger partial charge in [0.2, 0.25) is 0 Å². The number of hydrogen-bond donors (Lipinski definition) is 1. The first-order valence-corrected chi connectivity index (χ1v) is 10.3. The van der Waals surface area contributed by atoms with Crippen LogP contribution in [0.2, 0.25) is 0 Å². The summed E-state index contributed by atoms with van der Waals surface area (Å²) in [5, 5.41) is 3.13. The third-order valence-electron chi connectivity index (χ3n) is 5.65. The average molecular weight is 406 g/mol. The number of furan rings is 2. The number of amides is 2. The molecule has 1 aliphatic rings. The third kappa shape index (κ3) is 3.90. The summed E-state index contributed by atoms with van der Waals surface area (Å²) >= 11 is 0. The molecule has 0 spiro atoms. The Balaban J connectivity index is 1.82. The molecule has 1 atom stereocenters. The Morgan fingerprint density at radius 3 is 2.23 bits per heavy atom. The lowest BCUT2D eigenvalue weighted by Crippen LogP contribution is -2.46. The predicted octanol–water partition coefficient (Wildman–Crippen LogP) is 4.94. The van der Waals surface area contributed by atoms with Crippen molar-refractivity contribution in [2.75, 3.05) is 4.90 Å². The molecule has 1 aromatic carbocycles. The van der Waals surface area contributed by atoms with Crippen LogP contribution in [0.5, 0.6) is 0 Å². The molecule has 1 N–H and O–H groups in total. The Hall–Kier alpha value is -3.28. The summed E-state index contributed by atoms with van der Waals surface area (Å²) in [6.45, 7) is 3.86. The van der Waals surface area contributed by atoms with Crippen LogP contribution in [0.4, 0.5) is 5.69 Å². The van der Waals surface area contributed by atoms with E-state index in [9.17, 15) is 9.59 Å². The first-order chi connectivity index (χ1) is 14.6. The molecule has 156 valence electrons. The van der Waals surface area contributed by atoms with Crippen LogP contribution >= 0.6 is 0 Å². The van der Waals surface area contributed by atoms with Gasteiger partial charge in [-0.1, -0.05) is 31.0 Å². The number of nitrogens with one attached hydrogen (secondary N) is 1. The maximum Gasteiger partial charge on any atom is 0.295 e. The molecule has 1 fully saturated rings. The average Bonchev–Trinajstić information content (AvgIpc) is 3.49. The van der Waals surface area contributed by atoms with Gasteiger partial charge in [-0.15, -0.1) is 0 Å². The standard InChI is InChI=1S/C24H26N2O4/c1-16-8-5-9-17(2)21(16)26(24(28)20-13-7-15-30-20)22(19-12-6-14-29-19)23(27)25-18-10-3-4-11-18/h5-9,12-15,18,22H,3-4,10-11H2,1-2H3,(H,25,27). The van der Waals surface area contributed by atoms with Crippen LogP contribution in [0, 0.1) is 13.8 Å². The van der Waals surface area contributed by atoms with Gasteiger partial charge >= 0.3 is 0 Å². The second-order valence-corrected chi connectivity index (χ2v) is 7.80. The summed E-state index contributed by atoms with van der Waals surface area (Å²) in [6, 6.07) is 11.7. The molecule has 2 aromatic heterocycles. The van der Waals surface area contributed by atoms with Crippen molar-refractivity contribution in [3.63, 3.8) is 0 Å². The fourth-order valence-corrected chi connectivity index (χ4v) is 4.22. The lowest BCUT2D eigenvalue weighted by atomic mass is 10.0. The Morgan fingerprint density at radius 2 is 1.63 bits per heavy atom. The van der Waals surface area contributed by atoms with E-state index in [0.29, 0.717) is 11.4 Å². The number of hydrogen-bond acceptors (Lipinski definition) is 4. The zero-order valence-electron chi connectivity index (χ0n) is 17.3. The van der Waals surface area contributed by atoms with Crippen LogP contribution in [-0.2, 0) is 4.79 Å². The van der Waals surface area contributed by atoms with Gasteiger partial charge < -0.3 is 14.2 Å². The van der Waals surface area contributed by atoms with Crippen molar-refractivity contribution in [3.8, 4) is 0 Å². The monoisotopic (exact) mass is 406 g/mol. The van der Waals surface area contributed by atoms with Gasteiger partial charge in [0.1, 0.15) is 5.76 Å². The molecule has 1 saturated carbocycles. The zero-order valence-corrected chi connectivity index (χ0v) is 17.3. The minimum Gasteiger partial charge on any atom is -0.467 e. The quantitative estimate of drug-likeness (QED) is 0.629. The van der Waals surface area contributed by atoms with Crippen molar-refractivity contribution < 1.29 is 18.4 Å². The van der Waals surface area contributed by atoms with Crippen molar-refractivity contribution >= 4 is 17.5 Å². The molecule has 6 heteroatoms. The normalized spacial score (nSPS) is 15.1. The first kappa shape index (κ1) is 20.0. The van der Waals surface area contributed by atoms with Gasteiger partial charge in [-0.05, 0) is 62.1 Å². The Labute approximate surface area is 175 Å². The van der Waals surface area contributed by atoms with Gasteiger partial charge in [0.05, 0.1) is 18.2 Å². The van der Waals surface area contributed by atoms with Crippen molar-refractivity contribution in [2.45, 2.75) is 51.6 Å². The van der Waals surface area contributed by atoms with Crippen LogP contribution in [0.25, 0.3) is 0 Å². The molecule has 0 bridgehead atoms. The fraction of sp³-hybridized carbons (Fsp3) is 0.333.